The van der Waals surface area contributed by atoms with Crippen LogP contribution in [0.2, 0.25) is 0 Å². The number of methoxy groups -OCH3 is 1. The number of likely N-dealkylation sites (N-methyl/N-ethyl adjacent to an activating group) is 1. The maximum atomic E-state index is 13.4. The van der Waals surface area contributed by atoms with Crippen molar-refractivity contribution in [2.45, 2.75) is 51.8 Å². The van der Waals surface area contributed by atoms with Gasteiger partial charge in [0.15, 0.2) is 0 Å². The average molecular weight is 498 g/mol. The van der Waals surface area contributed by atoms with Crippen LogP contribution in [0.5, 0.6) is 5.75 Å². The van der Waals surface area contributed by atoms with E-state index in [1.165, 1.54) is 43.0 Å². The summed E-state index contributed by atoms with van der Waals surface area (Å²) in [6, 6.07) is 2.45. The van der Waals surface area contributed by atoms with Gasteiger partial charge in [0.1, 0.15) is 30.0 Å². The number of nitrogens with one attached hydrogen (secondary N) is 2. The molecule has 0 radical (unpaired) electrons. The smallest absolute Gasteiger partial charge is 0.408 e. The van der Waals surface area contributed by atoms with Crippen molar-refractivity contribution in [2.75, 3.05) is 32.7 Å². The summed E-state index contributed by atoms with van der Waals surface area (Å²) >= 11 is 1.51. The third kappa shape index (κ3) is 9.12. The first-order chi connectivity index (χ1) is 15.8. The van der Waals surface area contributed by atoms with Gasteiger partial charge in [-0.15, -0.1) is 0 Å². The molecule has 3 amide bonds. The van der Waals surface area contributed by atoms with Crippen LogP contribution in [-0.2, 0) is 23.9 Å². The molecule has 0 fully saturated rings. The number of esters is 1. The highest BCUT2D eigenvalue weighted by molar-refractivity contribution is 7.98. The molecule has 2 unspecified atom stereocenters. The Morgan fingerprint density at radius 1 is 1.21 bits per heavy atom. The second-order valence-corrected chi connectivity index (χ2v) is 9.66. The van der Waals surface area contributed by atoms with Crippen molar-refractivity contribution in [3.8, 4) is 5.75 Å². The Morgan fingerprint density at radius 2 is 1.85 bits per heavy atom. The Hall–Kier alpha value is -2.95. The standard InChI is InChI=1S/C23H35N3O7S/c1-14-12-15(8-9-17(14)27)19(20(29)24-13-18(28)32-6)26(5)21(30)16(10-11-34-7)25-22(31)33-23(2,3)4/h8-9,12,16,19,27H,10-11,13H2,1-7H3,(H,24,29)(H,25,31). The SMILES string of the molecule is COC(=O)CNC(=O)C(c1ccc(O)c(C)c1)N(C)C(=O)C(CCSC)NC(=O)OC(C)(C)C. The molecule has 0 heterocycles. The minimum atomic E-state index is -1.13. The van der Waals surface area contributed by atoms with E-state index in [9.17, 15) is 24.3 Å². The van der Waals surface area contributed by atoms with Crippen LogP contribution in [0.1, 0.15) is 44.4 Å². The lowest BCUT2D eigenvalue weighted by Crippen LogP contribution is -2.52. The van der Waals surface area contributed by atoms with Gasteiger partial charge in [0.2, 0.25) is 11.8 Å². The summed E-state index contributed by atoms with van der Waals surface area (Å²) in [6.07, 6.45) is 1.45. The second kappa shape index (κ2) is 13.1. The van der Waals surface area contributed by atoms with Crippen LogP contribution in [-0.4, -0.2) is 78.2 Å². The van der Waals surface area contributed by atoms with E-state index in [0.717, 1.165) is 0 Å². The predicted molar refractivity (Wildman–Crippen MR) is 130 cm³/mol. The number of thioether (sulfide) groups is 1. The molecule has 0 aliphatic rings. The summed E-state index contributed by atoms with van der Waals surface area (Å²) < 4.78 is 9.85. The van der Waals surface area contributed by atoms with E-state index in [1.54, 1.807) is 33.8 Å². The van der Waals surface area contributed by atoms with Gasteiger partial charge in [-0.1, -0.05) is 6.07 Å². The molecule has 0 spiro atoms. The minimum absolute atomic E-state index is 0.0379. The molecule has 0 saturated heterocycles. The van der Waals surface area contributed by atoms with Gasteiger partial charge in [-0.05, 0) is 69.4 Å². The van der Waals surface area contributed by atoms with Gasteiger partial charge < -0.3 is 30.1 Å². The van der Waals surface area contributed by atoms with Gasteiger partial charge in [0.05, 0.1) is 7.11 Å². The highest BCUT2D eigenvalue weighted by atomic mass is 32.2. The number of carbonyl (C=O) groups excluding carboxylic acids is 4. The molecular formula is C23H35N3O7S. The van der Waals surface area contributed by atoms with Crippen LogP contribution < -0.4 is 10.6 Å². The van der Waals surface area contributed by atoms with Crippen LogP contribution in [0.4, 0.5) is 4.79 Å². The number of carbonyl (C=O) groups is 4. The molecule has 2 atom stereocenters. The highest BCUT2D eigenvalue weighted by Crippen LogP contribution is 2.26. The van der Waals surface area contributed by atoms with Crippen LogP contribution in [0, 0.1) is 6.92 Å². The quantitative estimate of drug-likeness (QED) is 0.419. The number of phenolic OH excluding ortho intramolecular Hbond substituents is 1. The van der Waals surface area contributed by atoms with Crippen molar-refractivity contribution in [3.05, 3.63) is 29.3 Å². The van der Waals surface area contributed by atoms with Crippen LogP contribution in [0.3, 0.4) is 0 Å². The zero-order valence-corrected chi connectivity index (χ0v) is 21.6. The van der Waals surface area contributed by atoms with E-state index >= 15 is 0 Å². The lowest BCUT2D eigenvalue weighted by Gasteiger charge is -2.31. The zero-order chi connectivity index (χ0) is 26.1. The number of aromatic hydroxyl groups is 1. The number of hydrogen-bond donors (Lipinski definition) is 3. The van der Waals surface area contributed by atoms with Crippen LogP contribution in [0.25, 0.3) is 0 Å². The third-order valence-electron chi connectivity index (χ3n) is 4.75. The van der Waals surface area contributed by atoms with Crippen molar-refractivity contribution in [1.29, 1.82) is 0 Å². The van der Waals surface area contributed by atoms with Gasteiger partial charge in [0, 0.05) is 7.05 Å². The molecule has 1 aromatic rings. The Balaban J connectivity index is 3.26. The average Bonchev–Trinajstić information content (AvgIpc) is 2.75. The molecule has 34 heavy (non-hydrogen) atoms. The third-order valence-corrected chi connectivity index (χ3v) is 5.40. The zero-order valence-electron chi connectivity index (χ0n) is 20.8. The molecule has 3 N–H and O–H groups in total. The number of nitrogens with zero attached hydrogens (tertiary/aromatic N) is 1. The summed E-state index contributed by atoms with van der Waals surface area (Å²) in [5.74, 6) is -1.16. The number of rotatable bonds is 10. The molecule has 1 rings (SSSR count). The van der Waals surface area contributed by atoms with Crippen molar-refractivity contribution in [1.82, 2.24) is 15.5 Å². The lowest BCUT2D eigenvalue weighted by molar-refractivity contribution is -0.143. The highest BCUT2D eigenvalue weighted by Gasteiger charge is 2.34. The van der Waals surface area contributed by atoms with Gasteiger partial charge in [-0.2, -0.15) is 11.8 Å². The van der Waals surface area contributed by atoms with E-state index in [0.29, 0.717) is 23.3 Å². The number of ether oxygens (including phenoxy) is 2. The second-order valence-electron chi connectivity index (χ2n) is 8.67. The van der Waals surface area contributed by atoms with E-state index in [1.807, 2.05) is 6.26 Å². The maximum Gasteiger partial charge on any atom is 0.408 e. The van der Waals surface area contributed by atoms with Crippen LogP contribution >= 0.6 is 11.8 Å². The summed E-state index contributed by atoms with van der Waals surface area (Å²) in [5.41, 5.74) is 0.188. The van der Waals surface area contributed by atoms with E-state index in [-0.39, 0.29) is 12.3 Å². The first-order valence-electron chi connectivity index (χ1n) is 10.7. The Kier molecular flexibility index (Phi) is 11.2. The number of alkyl carbamates (subject to hydrolysis) is 1. The number of aryl methyl sites for hydroxylation is 1. The van der Waals surface area contributed by atoms with Crippen molar-refractivity contribution in [2.24, 2.45) is 0 Å². The maximum absolute atomic E-state index is 13.4. The monoisotopic (exact) mass is 497 g/mol. The molecule has 1 aromatic carbocycles. The van der Waals surface area contributed by atoms with Gasteiger partial charge >= 0.3 is 12.1 Å². The number of amides is 3. The number of phenols is 1. The molecule has 0 aromatic heterocycles. The minimum Gasteiger partial charge on any atom is -0.508 e. The Bertz CT molecular complexity index is 886. The van der Waals surface area contributed by atoms with Gasteiger partial charge in [-0.3, -0.25) is 14.4 Å². The molecule has 10 nitrogen and oxygen atoms in total. The van der Waals surface area contributed by atoms with Gasteiger partial charge in [-0.25, -0.2) is 4.79 Å². The molecule has 0 aliphatic heterocycles. The Morgan fingerprint density at radius 3 is 2.38 bits per heavy atom. The normalized spacial score (nSPS) is 12.8. The summed E-state index contributed by atoms with van der Waals surface area (Å²) in [7, 11) is 2.64. The molecule has 11 heteroatoms. The largest absolute Gasteiger partial charge is 0.508 e. The summed E-state index contributed by atoms with van der Waals surface area (Å²) in [6.45, 7) is 6.43. The van der Waals surface area contributed by atoms with Gasteiger partial charge in [0.25, 0.3) is 0 Å². The summed E-state index contributed by atoms with van der Waals surface area (Å²) in [4.78, 5) is 51.6. The molecule has 190 valence electrons. The fraction of sp³-hybridized carbons (Fsp3) is 0.565. The fourth-order valence-corrected chi connectivity index (χ4v) is 3.52. The fourth-order valence-electron chi connectivity index (χ4n) is 3.04. The predicted octanol–water partition coefficient (Wildman–Crippen LogP) is 2.14. The number of hydrogen-bond acceptors (Lipinski definition) is 8. The van der Waals surface area contributed by atoms with Crippen molar-refractivity contribution < 1.29 is 33.8 Å². The Labute approximate surface area is 204 Å². The molecule has 0 aliphatic carbocycles. The van der Waals surface area contributed by atoms with E-state index in [2.05, 4.69) is 15.4 Å². The van der Waals surface area contributed by atoms with Crippen molar-refractivity contribution >= 4 is 35.6 Å². The van der Waals surface area contributed by atoms with Crippen LogP contribution in [0.15, 0.2) is 18.2 Å². The molecule has 0 bridgehead atoms. The first-order valence-corrected chi connectivity index (χ1v) is 12.1. The topological polar surface area (TPSA) is 134 Å². The molecular weight excluding hydrogens is 462 g/mol. The summed E-state index contributed by atoms with van der Waals surface area (Å²) in [5, 5.41) is 15.0. The van der Waals surface area contributed by atoms with E-state index in [4.69, 9.17) is 4.74 Å². The van der Waals surface area contributed by atoms with E-state index < -0.39 is 41.6 Å². The molecule has 0 saturated carbocycles. The first kappa shape index (κ1) is 29.1. The number of benzene rings is 1. The van der Waals surface area contributed by atoms with Crippen molar-refractivity contribution in [3.63, 3.8) is 0 Å². The lowest BCUT2D eigenvalue weighted by atomic mass is 10.0.